The Morgan fingerprint density at radius 2 is 0.796 bits per heavy atom. The molecule has 0 spiro atoms. The molecule has 12 aromatic rings. The molecule has 0 bridgehead atoms. The first-order valence-electron chi connectivity index (χ1n) is 37.6. The van der Waals surface area contributed by atoms with Crippen LogP contribution in [0.3, 0.4) is 0 Å². The maximum absolute atomic E-state index is 12.3. The number of pyridine rings is 4. The van der Waals surface area contributed by atoms with Gasteiger partial charge < -0.3 is 49.3 Å². The van der Waals surface area contributed by atoms with E-state index in [1.807, 2.05) is 166 Å². The summed E-state index contributed by atoms with van der Waals surface area (Å²) < 4.78 is 41.9. The lowest BCUT2D eigenvalue weighted by molar-refractivity contribution is -0.157. The number of aryl methyl sites for hydroxylation is 4. The summed E-state index contributed by atoms with van der Waals surface area (Å²) in [7, 11) is 6.23. The van der Waals surface area contributed by atoms with E-state index in [0.717, 1.165) is 126 Å². The van der Waals surface area contributed by atoms with Crippen molar-refractivity contribution in [3.05, 3.63) is 196 Å². The fraction of sp³-hybridized carbons (Fsp3) is 0.388. The highest BCUT2D eigenvalue weighted by atomic mass is 79.9. The lowest BCUT2D eigenvalue weighted by Gasteiger charge is -2.28. The van der Waals surface area contributed by atoms with Gasteiger partial charge in [-0.1, -0.05) is 76.2 Å². The third-order valence-corrected chi connectivity index (χ3v) is 20.5. The maximum Gasteiger partial charge on any atom is 0.488 e. The predicted molar refractivity (Wildman–Crippen MR) is 436 cm³/mol. The number of benzene rings is 4. The molecule has 26 nitrogen and oxygen atoms in total. The van der Waals surface area contributed by atoms with Crippen LogP contribution >= 0.6 is 15.9 Å². The van der Waals surface area contributed by atoms with Gasteiger partial charge in [0.05, 0.1) is 125 Å². The number of nitrogens with two attached hydrogens (primary N) is 1. The number of carboxylic acid groups (broad SMARTS) is 1. The molecule has 592 valence electrons. The Morgan fingerprint density at radius 1 is 0.469 bits per heavy atom. The second-order valence-electron chi connectivity index (χ2n) is 31.2. The summed E-state index contributed by atoms with van der Waals surface area (Å²) in [4.78, 5) is 63.7. The molecule has 8 aromatic heterocycles. The highest BCUT2D eigenvalue weighted by Gasteiger charge is 2.32. The van der Waals surface area contributed by atoms with Crippen LogP contribution in [0, 0.1) is 11.8 Å². The van der Waals surface area contributed by atoms with Crippen molar-refractivity contribution in [2.75, 3.05) is 26.4 Å². The number of carbonyl (C=O) groups is 4. The van der Waals surface area contributed by atoms with Crippen LogP contribution in [0.25, 0.3) is 77.0 Å². The molecule has 5 N–H and O–H groups in total. The van der Waals surface area contributed by atoms with E-state index in [4.69, 9.17) is 49.3 Å². The van der Waals surface area contributed by atoms with Gasteiger partial charge in [0.1, 0.15) is 17.0 Å². The maximum atomic E-state index is 12.3. The summed E-state index contributed by atoms with van der Waals surface area (Å²) >= 11 is 3.47. The van der Waals surface area contributed by atoms with Gasteiger partial charge >= 0.3 is 25.0 Å². The number of aromatic nitrogens is 12. The fourth-order valence-electron chi connectivity index (χ4n) is 13.7. The zero-order valence-electron chi connectivity index (χ0n) is 66.4. The minimum absolute atomic E-state index is 0.0172. The fourth-order valence-corrected chi connectivity index (χ4v) is 14.2. The molecular weight excluding hydrogens is 1500 g/mol. The normalized spacial score (nSPS) is 16.2. The number of fused-ring (bicyclic) bond motifs is 8. The van der Waals surface area contributed by atoms with Crippen molar-refractivity contribution in [2.24, 2.45) is 45.8 Å². The summed E-state index contributed by atoms with van der Waals surface area (Å²) in [5.41, 5.74) is 25.1. The lowest BCUT2D eigenvalue weighted by atomic mass is 9.80. The molecule has 4 aromatic carbocycles. The first kappa shape index (κ1) is 83.6. The summed E-state index contributed by atoms with van der Waals surface area (Å²) in [5.74, 6) is -1.02. The third-order valence-electron chi connectivity index (χ3n) is 19.8. The molecule has 0 saturated carbocycles. The van der Waals surface area contributed by atoms with Gasteiger partial charge in [-0.05, 0) is 148 Å². The Bertz CT molecular complexity index is 5390. The summed E-state index contributed by atoms with van der Waals surface area (Å²) in [5, 5.41) is 47.2. The molecule has 4 aliphatic rings. The Balaban J connectivity index is 0.000000139. The van der Waals surface area contributed by atoms with Crippen molar-refractivity contribution in [1.29, 1.82) is 0 Å². The topological polar surface area (TPSA) is 333 Å². The number of hydrogen-bond donors (Lipinski definition) is 4. The number of halogens is 1. The van der Waals surface area contributed by atoms with E-state index in [-0.39, 0.29) is 59.8 Å². The molecule has 0 amide bonds. The van der Waals surface area contributed by atoms with Crippen molar-refractivity contribution in [1.82, 2.24) is 59.1 Å². The van der Waals surface area contributed by atoms with E-state index in [9.17, 15) is 19.2 Å². The molecule has 0 saturated heterocycles. The molecule has 28 heteroatoms. The van der Waals surface area contributed by atoms with Crippen LogP contribution in [0.5, 0.6) is 0 Å². The summed E-state index contributed by atoms with van der Waals surface area (Å²) in [6.07, 6.45) is 23.3. The van der Waals surface area contributed by atoms with Crippen molar-refractivity contribution < 1.29 is 62.8 Å². The third kappa shape index (κ3) is 20.9. The number of hydrogen-bond acceptors (Lipinski definition) is 21. The monoisotopic (exact) mass is 1600 g/mol. The number of esters is 2. The number of carbonyl (C=O) groups excluding carboxylic acids is 3. The predicted octanol–water partition coefficient (Wildman–Crippen LogP) is 13.2. The first-order chi connectivity index (χ1) is 53.8. The molecule has 4 aliphatic heterocycles. The molecule has 4 unspecified atom stereocenters. The Labute approximate surface area is 665 Å². The molecule has 0 aliphatic carbocycles. The smallest absolute Gasteiger partial charge is 0.481 e. The molecule has 0 radical (unpaired) electrons. The minimum Gasteiger partial charge on any atom is -0.481 e. The molecule has 12 heterocycles. The van der Waals surface area contributed by atoms with Crippen LogP contribution in [-0.4, -0.2) is 143 Å². The zero-order valence-corrected chi connectivity index (χ0v) is 68.0. The van der Waals surface area contributed by atoms with Crippen molar-refractivity contribution in [3.63, 3.8) is 0 Å². The van der Waals surface area contributed by atoms with Crippen LogP contribution in [0.2, 0.25) is 0 Å². The van der Waals surface area contributed by atoms with Crippen LogP contribution in [-0.2, 0) is 102 Å². The number of rotatable bonds is 12. The zero-order chi connectivity index (χ0) is 81.2. The Kier molecular flexibility index (Phi) is 27.1. The number of Topliss-reactive ketones (excluding diaryl/α,β-unsaturated/α-hetero) is 1. The van der Waals surface area contributed by atoms with Gasteiger partial charge in [-0.3, -0.25) is 57.8 Å². The summed E-state index contributed by atoms with van der Waals surface area (Å²) in [6.45, 7) is 22.8. The Hall–Kier alpha value is -10.3. The standard InChI is InChI=1S/C22H25N3O3.C21H23N3O2.C16H16N4O.C14H18BrNO3.C8H9BN2O2.C4H8O2/c1-22(2,3)28-21(26)8-16-12-27-13-19-17(10-23-11-18(16)19)14-5-6-15-9-24-25(4)20(15)7-14;1-13(2)21(25)7-16-11-26-12-19-17(9-22-10-18(16)19)14-4-5-15-8-23-24(3)20(15)6-14;1-20-16-4-10(2-3-11(16)5-19-20)12-6-18-7-13-14(12)8-21-9-15(13)17;1-14(2,3)19-13(17)4-9-7-18-8-11-10(9)5-16-6-12(11)15;1-11-8-4-7(9(12)13)3-2-6(8)5-10-11;1-3(2)4(5)6/h5-7,9-11,16H,8,12-13H2,1-4H3;4-6,8-10,13,16H,7,11-12H2,1-3H3;2-7,15H,8-9,17H2,1H3;5-6,9H,4,7-8H2,1-3H3;2-5,12-13H,1H3;3H,1-2H3,(H,5,6). The quantitative estimate of drug-likeness (QED) is 0.0652. The van der Waals surface area contributed by atoms with E-state index in [0.29, 0.717) is 71.2 Å². The molecule has 0 fully saturated rings. The van der Waals surface area contributed by atoms with Gasteiger partial charge in [-0.25, -0.2) is 0 Å². The van der Waals surface area contributed by atoms with Crippen molar-refractivity contribution in [3.8, 4) is 33.4 Å². The van der Waals surface area contributed by atoms with E-state index in [2.05, 4.69) is 111 Å². The highest BCUT2D eigenvalue weighted by Crippen LogP contribution is 2.40. The van der Waals surface area contributed by atoms with E-state index < -0.39 is 24.3 Å². The van der Waals surface area contributed by atoms with Gasteiger partial charge in [-0.2, -0.15) is 20.4 Å². The summed E-state index contributed by atoms with van der Waals surface area (Å²) in [6, 6.07) is 24.0. The van der Waals surface area contributed by atoms with Crippen molar-refractivity contribution >= 4 is 95.8 Å². The highest BCUT2D eigenvalue weighted by molar-refractivity contribution is 9.10. The molecule has 16 rings (SSSR count). The molecule has 113 heavy (non-hydrogen) atoms. The van der Waals surface area contributed by atoms with E-state index in [1.165, 1.54) is 0 Å². The second kappa shape index (κ2) is 36.7. The van der Waals surface area contributed by atoms with Crippen LogP contribution in [0.1, 0.15) is 157 Å². The number of ether oxygens (including phenoxy) is 6. The van der Waals surface area contributed by atoms with Gasteiger partial charge in [0.25, 0.3) is 0 Å². The average Bonchev–Trinajstić information content (AvgIpc) is 1.60. The number of ketones is 1. The van der Waals surface area contributed by atoms with E-state index >= 15 is 0 Å². The molecule has 4 atom stereocenters. The molecular formula is C85H99BBrN13O13. The average molecular weight is 1600 g/mol. The van der Waals surface area contributed by atoms with Crippen LogP contribution in [0.4, 0.5) is 0 Å². The van der Waals surface area contributed by atoms with Crippen LogP contribution < -0.4 is 11.2 Å². The van der Waals surface area contributed by atoms with Gasteiger partial charge in [0, 0.05) is 151 Å². The van der Waals surface area contributed by atoms with Gasteiger partial charge in [-0.15, -0.1) is 0 Å². The number of carboxylic acids is 1. The second-order valence-corrected chi connectivity index (χ2v) is 32.1. The first-order valence-corrected chi connectivity index (χ1v) is 38.4. The number of nitrogens with zero attached hydrogens (tertiary/aromatic N) is 12. The largest absolute Gasteiger partial charge is 0.488 e. The van der Waals surface area contributed by atoms with Gasteiger partial charge in [0.2, 0.25) is 0 Å². The van der Waals surface area contributed by atoms with Crippen molar-refractivity contribution in [2.45, 2.75) is 150 Å². The minimum atomic E-state index is -1.42. The van der Waals surface area contributed by atoms with Crippen LogP contribution in [0.15, 0.2) is 152 Å². The SMILES string of the molecule is CC(C)(C)OC(=O)CC1COCc2c(Br)cncc21.CC(C)C(=O)CC1COCc2c(-c3ccc4cnn(C)c4c3)cncc21.CC(C)C(=O)O.Cn1ncc2ccc(-c3cncc4c3COCC4CC(=O)OC(C)(C)C)cc21.Cn1ncc2ccc(-c3cncc4c3COCC4N)cc21.Cn1ncc2ccc(B(O)O)cc21. The number of aliphatic carboxylic acids is 1. The Morgan fingerprint density at radius 3 is 1.17 bits per heavy atom. The van der Waals surface area contributed by atoms with Gasteiger partial charge in [0.15, 0.2) is 0 Å². The van der Waals surface area contributed by atoms with E-state index in [1.54, 1.807) is 43.1 Å². The lowest BCUT2D eigenvalue weighted by Crippen LogP contribution is -2.29.